The lowest BCUT2D eigenvalue weighted by Gasteiger charge is -2.21. The number of halogens is 2. The van der Waals surface area contributed by atoms with Gasteiger partial charge in [-0.1, -0.05) is 12.1 Å². The number of methoxy groups -OCH3 is 1. The second-order valence-electron chi connectivity index (χ2n) is 6.11. The van der Waals surface area contributed by atoms with Crippen LogP contribution in [0.1, 0.15) is 24.8 Å². The first-order chi connectivity index (χ1) is 11.9. The molecule has 1 heterocycles. The smallest absolute Gasteiger partial charge is 0.321 e. The van der Waals surface area contributed by atoms with E-state index in [0.717, 1.165) is 5.56 Å². The highest BCUT2D eigenvalue weighted by Crippen LogP contribution is 2.28. The maximum absolute atomic E-state index is 13.4. The number of amides is 2. The van der Waals surface area contributed by atoms with Gasteiger partial charge >= 0.3 is 6.03 Å². The molecule has 1 N–H and O–H groups in total. The van der Waals surface area contributed by atoms with Crippen molar-refractivity contribution in [2.24, 2.45) is 0 Å². The summed E-state index contributed by atoms with van der Waals surface area (Å²) in [6.07, 6.45) is -0.197. The quantitative estimate of drug-likeness (QED) is 0.832. The Kier molecular flexibility index (Phi) is 7.31. The fraction of sp³-hybridized carbons (Fsp3) is 0.588. The first-order valence-electron chi connectivity index (χ1n) is 8.26. The van der Waals surface area contributed by atoms with E-state index >= 15 is 0 Å². The van der Waals surface area contributed by atoms with Crippen LogP contribution in [0.4, 0.5) is 19.3 Å². The molecule has 1 aromatic carbocycles. The normalized spacial score (nSPS) is 18.4. The van der Waals surface area contributed by atoms with Gasteiger partial charge in [-0.15, -0.1) is 0 Å². The van der Waals surface area contributed by atoms with Gasteiger partial charge in [-0.05, 0) is 24.1 Å². The van der Waals surface area contributed by atoms with E-state index in [1.807, 2.05) is 6.07 Å². The topological polar surface area (TPSA) is 58.6 Å². The number of anilines is 1. The number of carbonyl (C=O) groups excluding carboxylic acids is 1. The van der Waals surface area contributed by atoms with Gasteiger partial charge < -0.3 is 15.0 Å². The third-order valence-corrected chi connectivity index (χ3v) is 5.30. The second kappa shape index (κ2) is 9.24. The summed E-state index contributed by atoms with van der Waals surface area (Å²) in [5.74, 6) is -1.86. The summed E-state index contributed by atoms with van der Waals surface area (Å²) >= 11 is 0. The summed E-state index contributed by atoms with van der Waals surface area (Å²) < 4.78 is 43.6. The summed E-state index contributed by atoms with van der Waals surface area (Å²) in [4.78, 5) is 13.7. The van der Waals surface area contributed by atoms with E-state index in [1.54, 1.807) is 25.3 Å². The van der Waals surface area contributed by atoms with Crippen LogP contribution in [0.25, 0.3) is 0 Å². The van der Waals surface area contributed by atoms with E-state index in [1.165, 1.54) is 4.90 Å². The molecule has 5 nitrogen and oxygen atoms in total. The van der Waals surface area contributed by atoms with Crippen molar-refractivity contribution in [3.05, 3.63) is 29.8 Å². The van der Waals surface area contributed by atoms with E-state index < -0.39 is 16.7 Å². The fourth-order valence-electron chi connectivity index (χ4n) is 2.64. The van der Waals surface area contributed by atoms with E-state index in [9.17, 15) is 17.8 Å². The predicted molar refractivity (Wildman–Crippen MR) is 94.4 cm³/mol. The highest BCUT2D eigenvalue weighted by Gasteiger charge is 2.32. The molecule has 0 aromatic heterocycles. The van der Waals surface area contributed by atoms with Crippen molar-refractivity contribution in [2.45, 2.75) is 30.9 Å². The van der Waals surface area contributed by atoms with Crippen LogP contribution in [0.15, 0.2) is 24.3 Å². The van der Waals surface area contributed by atoms with Crippen LogP contribution in [-0.4, -0.2) is 53.6 Å². The Balaban J connectivity index is 1.92. The zero-order chi connectivity index (χ0) is 18.3. The third kappa shape index (κ3) is 6.70. The summed E-state index contributed by atoms with van der Waals surface area (Å²) in [6.45, 7) is 0.796. The number of carbonyl (C=O) groups is 1. The minimum absolute atomic E-state index is 0.0412. The lowest BCUT2D eigenvalue weighted by molar-refractivity contribution is -0.0121. The molecule has 1 aliphatic rings. The van der Waals surface area contributed by atoms with Crippen molar-refractivity contribution in [2.75, 3.05) is 37.9 Å². The molecule has 0 saturated carbocycles. The first kappa shape index (κ1) is 19.8. The minimum atomic E-state index is -2.69. The number of hydrogen-bond donors (Lipinski definition) is 1. The molecule has 2 rings (SSSR count). The molecule has 1 unspecified atom stereocenters. The Morgan fingerprint density at radius 3 is 2.92 bits per heavy atom. The zero-order valence-electron chi connectivity index (χ0n) is 14.3. The molecule has 1 atom stereocenters. The van der Waals surface area contributed by atoms with E-state index in [0.29, 0.717) is 36.8 Å². The van der Waals surface area contributed by atoms with Crippen LogP contribution < -0.4 is 5.32 Å². The van der Waals surface area contributed by atoms with Gasteiger partial charge in [-0.3, -0.25) is 4.21 Å². The van der Waals surface area contributed by atoms with Crippen LogP contribution in [0.2, 0.25) is 0 Å². The number of hydrogen-bond acceptors (Lipinski definition) is 3. The molecular weight excluding hydrogens is 350 g/mol. The van der Waals surface area contributed by atoms with Gasteiger partial charge in [0, 0.05) is 61.0 Å². The SMILES string of the molecule is COCCS(=O)Cc1cccc(NC(=O)N2CCCC(F)(F)CC2)c1. The van der Waals surface area contributed by atoms with Gasteiger partial charge in [0.1, 0.15) is 0 Å². The van der Waals surface area contributed by atoms with Crippen LogP contribution in [0, 0.1) is 0 Å². The summed E-state index contributed by atoms with van der Waals surface area (Å²) in [5.41, 5.74) is 1.41. The van der Waals surface area contributed by atoms with Crippen LogP contribution in [-0.2, 0) is 21.3 Å². The molecule has 1 aromatic rings. The number of benzene rings is 1. The Morgan fingerprint density at radius 2 is 2.16 bits per heavy atom. The predicted octanol–water partition coefficient (Wildman–Crippen LogP) is 3.23. The number of nitrogens with one attached hydrogen (secondary N) is 1. The van der Waals surface area contributed by atoms with Crippen LogP contribution in [0.3, 0.4) is 0 Å². The van der Waals surface area contributed by atoms with Crippen molar-refractivity contribution < 1.29 is 22.5 Å². The number of ether oxygens (including phenoxy) is 1. The fourth-order valence-corrected chi connectivity index (χ4v) is 3.69. The molecule has 140 valence electrons. The molecule has 8 heteroatoms. The van der Waals surface area contributed by atoms with E-state index in [-0.39, 0.29) is 25.4 Å². The number of alkyl halides is 2. The monoisotopic (exact) mass is 374 g/mol. The number of nitrogens with zero attached hydrogens (tertiary/aromatic N) is 1. The Hall–Kier alpha value is -1.54. The Bertz CT molecular complexity index is 613. The molecule has 0 bridgehead atoms. The lowest BCUT2D eigenvalue weighted by atomic mass is 10.1. The second-order valence-corrected chi connectivity index (χ2v) is 7.68. The third-order valence-electron chi connectivity index (χ3n) is 4.03. The van der Waals surface area contributed by atoms with Crippen molar-refractivity contribution in [1.82, 2.24) is 4.90 Å². The van der Waals surface area contributed by atoms with Crippen molar-refractivity contribution >= 4 is 22.5 Å². The molecule has 25 heavy (non-hydrogen) atoms. The molecule has 1 aliphatic heterocycles. The van der Waals surface area contributed by atoms with Crippen molar-refractivity contribution in [1.29, 1.82) is 0 Å². The van der Waals surface area contributed by atoms with Crippen LogP contribution in [0.5, 0.6) is 0 Å². The number of urea groups is 1. The van der Waals surface area contributed by atoms with E-state index in [4.69, 9.17) is 4.74 Å². The molecule has 0 spiro atoms. The molecule has 2 amide bonds. The highest BCUT2D eigenvalue weighted by molar-refractivity contribution is 7.84. The van der Waals surface area contributed by atoms with Gasteiger partial charge in [-0.25, -0.2) is 13.6 Å². The standard InChI is InChI=1S/C17H24F2N2O3S/c1-24-10-11-25(23)13-14-4-2-5-15(12-14)20-16(22)21-8-3-6-17(18,19)7-9-21/h2,4-5,12H,3,6-11,13H2,1H3,(H,20,22). The minimum Gasteiger partial charge on any atom is -0.384 e. The first-order valence-corrected chi connectivity index (χ1v) is 9.75. The average molecular weight is 374 g/mol. The van der Waals surface area contributed by atoms with Crippen molar-refractivity contribution in [3.63, 3.8) is 0 Å². The van der Waals surface area contributed by atoms with Gasteiger partial charge in [0.15, 0.2) is 0 Å². The van der Waals surface area contributed by atoms with Gasteiger partial charge in [0.05, 0.1) is 6.61 Å². The van der Waals surface area contributed by atoms with Gasteiger partial charge in [0.25, 0.3) is 0 Å². The molecule has 0 radical (unpaired) electrons. The molecule has 1 fully saturated rings. The van der Waals surface area contributed by atoms with Crippen LogP contribution >= 0.6 is 0 Å². The Morgan fingerprint density at radius 1 is 1.36 bits per heavy atom. The summed E-state index contributed by atoms with van der Waals surface area (Å²) in [5, 5.41) is 2.74. The zero-order valence-corrected chi connectivity index (χ0v) is 15.1. The summed E-state index contributed by atoms with van der Waals surface area (Å²) in [7, 11) is 0.523. The molecule has 1 saturated heterocycles. The van der Waals surface area contributed by atoms with E-state index in [2.05, 4.69) is 5.32 Å². The van der Waals surface area contributed by atoms with Crippen molar-refractivity contribution in [3.8, 4) is 0 Å². The average Bonchev–Trinajstić information content (AvgIpc) is 2.74. The largest absolute Gasteiger partial charge is 0.384 e. The van der Waals surface area contributed by atoms with Gasteiger partial charge in [0.2, 0.25) is 5.92 Å². The molecular formula is C17H24F2N2O3S. The van der Waals surface area contributed by atoms with Gasteiger partial charge in [-0.2, -0.15) is 0 Å². The summed E-state index contributed by atoms with van der Waals surface area (Å²) in [6, 6.07) is 6.72. The Labute approximate surface area is 149 Å². The highest BCUT2D eigenvalue weighted by atomic mass is 32.2. The lowest BCUT2D eigenvalue weighted by Crippen LogP contribution is -2.36. The number of rotatable bonds is 6. The maximum Gasteiger partial charge on any atom is 0.321 e. The number of likely N-dealkylation sites (tertiary alicyclic amines) is 1. The molecule has 0 aliphatic carbocycles. The maximum atomic E-state index is 13.4.